The van der Waals surface area contributed by atoms with Gasteiger partial charge in [0.15, 0.2) is 11.6 Å². The molecule has 0 unspecified atom stereocenters. The maximum absolute atomic E-state index is 5.24. The molecule has 3 aromatic heterocycles. The molecule has 0 amide bonds. The zero-order chi connectivity index (χ0) is 45.7. The highest BCUT2D eigenvalue weighted by atomic mass is 15.2. The molecule has 1 aliphatic carbocycles. The van der Waals surface area contributed by atoms with Crippen LogP contribution in [0.3, 0.4) is 0 Å². The number of hydrogen-bond donors (Lipinski definition) is 0. The van der Waals surface area contributed by atoms with E-state index in [0.29, 0.717) is 17.6 Å². The van der Waals surface area contributed by atoms with Gasteiger partial charge >= 0.3 is 0 Å². The molecular formula is C63H49N5. The Morgan fingerprint density at radius 2 is 0.824 bits per heavy atom. The highest BCUT2D eigenvalue weighted by Gasteiger charge is 2.37. The maximum atomic E-state index is 5.24. The smallest absolute Gasteiger partial charge is 0.238 e. The molecule has 0 fully saturated rings. The van der Waals surface area contributed by atoms with Gasteiger partial charge in [0.05, 0.1) is 22.1 Å². The van der Waals surface area contributed by atoms with Crippen LogP contribution in [0.4, 0.5) is 0 Å². The van der Waals surface area contributed by atoms with E-state index in [1.807, 2.05) is 36.4 Å². The number of benzene rings is 9. The molecule has 5 nitrogen and oxygen atoms in total. The Morgan fingerprint density at radius 1 is 0.338 bits per heavy atom. The van der Waals surface area contributed by atoms with Gasteiger partial charge in [0.1, 0.15) is 0 Å². The quantitative estimate of drug-likeness (QED) is 0.167. The molecule has 0 atom stereocenters. The van der Waals surface area contributed by atoms with Crippen molar-refractivity contribution in [3.05, 3.63) is 211 Å². The van der Waals surface area contributed by atoms with Gasteiger partial charge in [-0.25, -0.2) is 4.98 Å². The summed E-state index contributed by atoms with van der Waals surface area (Å²) in [5.41, 5.74) is 15.6. The largest absolute Gasteiger partial charge is 0.309 e. The molecule has 0 saturated heterocycles. The lowest BCUT2D eigenvalue weighted by atomic mass is 9.63. The average molecular weight is 876 g/mol. The fraction of sp³-hybridized carbons (Fsp3) is 0.127. The van der Waals surface area contributed by atoms with Crippen molar-refractivity contribution in [2.75, 3.05) is 0 Å². The van der Waals surface area contributed by atoms with Crippen molar-refractivity contribution in [1.29, 1.82) is 0 Å². The van der Waals surface area contributed by atoms with Crippen LogP contribution < -0.4 is 0 Å². The third-order valence-electron chi connectivity index (χ3n) is 14.8. The van der Waals surface area contributed by atoms with Gasteiger partial charge < -0.3 is 4.57 Å². The molecule has 68 heavy (non-hydrogen) atoms. The molecule has 0 N–H and O–H groups in total. The van der Waals surface area contributed by atoms with E-state index in [2.05, 4.69) is 201 Å². The molecule has 0 aliphatic heterocycles. The molecule has 9 aromatic carbocycles. The second kappa shape index (κ2) is 15.2. The maximum Gasteiger partial charge on any atom is 0.238 e. The van der Waals surface area contributed by atoms with Crippen molar-refractivity contribution in [3.63, 3.8) is 0 Å². The molecule has 5 heteroatoms. The van der Waals surface area contributed by atoms with E-state index in [0.717, 1.165) is 49.7 Å². The zero-order valence-electron chi connectivity index (χ0n) is 38.7. The first kappa shape index (κ1) is 40.2. The number of rotatable bonds is 6. The second-order valence-corrected chi connectivity index (χ2v) is 20.0. The number of aromatic nitrogens is 5. The predicted octanol–water partition coefficient (Wildman–Crippen LogP) is 16.2. The lowest BCUT2D eigenvalue weighted by molar-refractivity contribution is 0.332. The molecule has 326 valence electrons. The number of nitrogens with zero attached hydrogens (tertiary/aromatic N) is 5. The van der Waals surface area contributed by atoms with E-state index in [1.165, 1.54) is 67.8 Å². The van der Waals surface area contributed by atoms with Gasteiger partial charge in [-0.2, -0.15) is 9.97 Å². The van der Waals surface area contributed by atoms with Crippen LogP contribution in [-0.4, -0.2) is 24.1 Å². The summed E-state index contributed by atoms with van der Waals surface area (Å²) in [5, 5.41) is 7.12. The van der Waals surface area contributed by atoms with Crippen LogP contribution in [-0.2, 0) is 10.8 Å². The van der Waals surface area contributed by atoms with Crippen molar-refractivity contribution in [3.8, 4) is 56.7 Å². The standard InChI is InChI=1S/C63H49N5/c1-62(2)33-34-63(3,4)54-36-47(29-32-53(54)62)42-25-23-40(24-26-42)41-27-30-48(31-28-41)67-56-37-46-20-12-11-19-45(46)35-50(56)52-38-51-49-21-13-14-22-55(49)68(58(51)39-57(52)67)61-65-59(43-15-7-5-8-16-43)64-60(66-61)44-17-9-6-10-18-44/h5-32,35-39H,33-34H2,1-4H3. The number of fused-ring (bicyclic) bond motifs is 8. The van der Waals surface area contributed by atoms with Crippen molar-refractivity contribution in [1.82, 2.24) is 24.1 Å². The van der Waals surface area contributed by atoms with Gasteiger partial charge in [0.25, 0.3) is 0 Å². The third kappa shape index (κ3) is 6.48. The van der Waals surface area contributed by atoms with Crippen LogP contribution in [0, 0.1) is 0 Å². The molecular weight excluding hydrogens is 827 g/mol. The lowest BCUT2D eigenvalue weighted by Gasteiger charge is -2.42. The lowest BCUT2D eigenvalue weighted by Crippen LogP contribution is -2.33. The zero-order valence-corrected chi connectivity index (χ0v) is 38.7. The number of para-hydroxylation sites is 1. The Kier molecular flexibility index (Phi) is 8.97. The summed E-state index contributed by atoms with van der Waals surface area (Å²) < 4.78 is 4.66. The topological polar surface area (TPSA) is 48.5 Å². The van der Waals surface area contributed by atoms with Gasteiger partial charge in [-0.05, 0) is 110 Å². The Hall–Kier alpha value is -8.15. The minimum absolute atomic E-state index is 0.170. The van der Waals surface area contributed by atoms with Gasteiger partial charge in [-0.3, -0.25) is 4.57 Å². The van der Waals surface area contributed by atoms with Crippen LogP contribution in [0.25, 0.3) is 111 Å². The van der Waals surface area contributed by atoms with Gasteiger partial charge in [-0.15, -0.1) is 0 Å². The molecule has 3 heterocycles. The van der Waals surface area contributed by atoms with Crippen LogP contribution >= 0.6 is 0 Å². The molecule has 1 aliphatic rings. The van der Waals surface area contributed by atoms with Gasteiger partial charge in [0.2, 0.25) is 5.95 Å². The fourth-order valence-electron chi connectivity index (χ4n) is 11.0. The molecule has 12 aromatic rings. The average Bonchev–Trinajstić information content (AvgIpc) is 3.87. The highest BCUT2D eigenvalue weighted by Crippen LogP contribution is 2.47. The van der Waals surface area contributed by atoms with E-state index in [4.69, 9.17) is 15.0 Å². The molecule has 0 spiro atoms. The first-order valence-corrected chi connectivity index (χ1v) is 23.8. The molecule has 0 radical (unpaired) electrons. The van der Waals surface area contributed by atoms with Crippen LogP contribution in [0.15, 0.2) is 200 Å². The predicted molar refractivity (Wildman–Crippen MR) is 283 cm³/mol. The first-order chi connectivity index (χ1) is 33.2. The van der Waals surface area contributed by atoms with Crippen molar-refractivity contribution < 1.29 is 0 Å². The Morgan fingerprint density at radius 3 is 1.49 bits per heavy atom. The summed E-state index contributed by atoms with van der Waals surface area (Å²) in [6.07, 6.45) is 2.43. The molecule has 0 saturated carbocycles. The minimum atomic E-state index is 0.170. The third-order valence-corrected chi connectivity index (χ3v) is 14.8. The Labute approximate surface area is 396 Å². The van der Waals surface area contributed by atoms with E-state index < -0.39 is 0 Å². The SMILES string of the molecule is CC1(C)CCC(C)(C)c2cc(-c3ccc(-c4ccc(-n5c6cc7ccccc7cc6c6cc7c8ccccc8n(-c8nc(-c9ccccc9)nc(-c9ccccc9)n8)c7cc65)cc4)cc3)ccc21. The van der Waals surface area contributed by atoms with Crippen LogP contribution in [0.1, 0.15) is 51.7 Å². The number of hydrogen-bond acceptors (Lipinski definition) is 3. The van der Waals surface area contributed by atoms with Crippen LogP contribution in [0.5, 0.6) is 0 Å². The Bertz CT molecular complexity index is 3880. The summed E-state index contributed by atoms with van der Waals surface area (Å²) in [6.45, 7) is 9.59. The van der Waals surface area contributed by atoms with Crippen molar-refractivity contribution >= 4 is 54.4 Å². The first-order valence-electron chi connectivity index (χ1n) is 23.8. The summed E-state index contributed by atoms with van der Waals surface area (Å²) >= 11 is 0. The van der Waals surface area contributed by atoms with E-state index in [1.54, 1.807) is 0 Å². The Balaban J connectivity index is 0.969. The van der Waals surface area contributed by atoms with Crippen molar-refractivity contribution in [2.24, 2.45) is 0 Å². The highest BCUT2D eigenvalue weighted by molar-refractivity contribution is 6.20. The summed E-state index contributed by atoms with van der Waals surface area (Å²) in [4.78, 5) is 15.5. The normalized spacial score (nSPS) is 14.3. The summed E-state index contributed by atoms with van der Waals surface area (Å²) in [5.74, 6) is 1.83. The van der Waals surface area contributed by atoms with Crippen molar-refractivity contribution in [2.45, 2.75) is 51.4 Å². The van der Waals surface area contributed by atoms with Gasteiger partial charge in [0, 0.05) is 38.4 Å². The van der Waals surface area contributed by atoms with Gasteiger partial charge in [-0.1, -0.05) is 185 Å². The minimum Gasteiger partial charge on any atom is -0.309 e. The fourth-order valence-corrected chi connectivity index (χ4v) is 11.0. The molecule has 0 bridgehead atoms. The van der Waals surface area contributed by atoms with Crippen LogP contribution in [0.2, 0.25) is 0 Å². The van der Waals surface area contributed by atoms with E-state index >= 15 is 0 Å². The second-order valence-electron chi connectivity index (χ2n) is 20.0. The summed E-state index contributed by atoms with van der Waals surface area (Å²) in [7, 11) is 0. The monoisotopic (exact) mass is 875 g/mol. The molecule has 13 rings (SSSR count). The van der Waals surface area contributed by atoms with E-state index in [-0.39, 0.29) is 10.8 Å². The summed E-state index contributed by atoms with van der Waals surface area (Å²) in [6, 6.07) is 72.5. The van der Waals surface area contributed by atoms with E-state index in [9.17, 15) is 0 Å².